The molecular weight excluding hydrogens is 206 g/mol. The van der Waals surface area contributed by atoms with Gasteiger partial charge >= 0.3 is 5.97 Å². The Hall–Kier alpha value is -1.36. The molecule has 0 N–H and O–H groups in total. The van der Waals surface area contributed by atoms with Crippen molar-refractivity contribution < 1.29 is 9.53 Å². The molecule has 0 radical (unpaired) electrons. The van der Waals surface area contributed by atoms with E-state index >= 15 is 0 Å². The number of rotatable bonds is 5. The van der Waals surface area contributed by atoms with Crippen molar-refractivity contribution in [1.29, 1.82) is 0 Å². The standard InChI is InChI=1S/C11H17N3O2/c1-16-11(15)10-3-7-14(10)6-2-5-13-8-4-12-9-13/h4,8-10H,2-3,5-7H2,1H3. The van der Waals surface area contributed by atoms with Crippen LogP contribution in [0.2, 0.25) is 0 Å². The summed E-state index contributed by atoms with van der Waals surface area (Å²) < 4.78 is 6.79. The van der Waals surface area contributed by atoms with Crippen LogP contribution in [0.5, 0.6) is 0 Å². The molecule has 0 aliphatic carbocycles. The van der Waals surface area contributed by atoms with Gasteiger partial charge < -0.3 is 9.30 Å². The number of imidazole rings is 1. The number of aromatic nitrogens is 2. The molecule has 0 spiro atoms. The summed E-state index contributed by atoms with van der Waals surface area (Å²) in [5, 5.41) is 0. The fourth-order valence-corrected chi connectivity index (χ4v) is 1.99. The van der Waals surface area contributed by atoms with E-state index in [1.165, 1.54) is 7.11 Å². The highest BCUT2D eigenvalue weighted by atomic mass is 16.5. The predicted molar refractivity (Wildman–Crippen MR) is 58.8 cm³/mol. The third-order valence-electron chi connectivity index (χ3n) is 3.02. The van der Waals surface area contributed by atoms with Gasteiger partial charge in [-0.2, -0.15) is 0 Å². The minimum absolute atomic E-state index is 0.00668. The highest BCUT2D eigenvalue weighted by molar-refractivity contribution is 5.76. The number of esters is 1. The molecule has 0 amide bonds. The molecule has 16 heavy (non-hydrogen) atoms. The number of ether oxygens (including phenoxy) is 1. The number of nitrogens with zero attached hydrogens (tertiary/aromatic N) is 3. The van der Waals surface area contributed by atoms with Crippen LogP contribution in [0.25, 0.3) is 0 Å². The molecule has 1 fully saturated rings. The Morgan fingerprint density at radius 1 is 1.56 bits per heavy atom. The van der Waals surface area contributed by atoms with Gasteiger partial charge in [-0.1, -0.05) is 0 Å². The fourth-order valence-electron chi connectivity index (χ4n) is 1.99. The molecule has 88 valence electrons. The molecule has 1 atom stereocenters. The van der Waals surface area contributed by atoms with Crippen LogP contribution in [0.1, 0.15) is 12.8 Å². The van der Waals surface area contributed by atoms with Crippen molar-refractivity contribution in [2.75, 3.05) is 20.2 Å². The predicted octanol–water partition coefficient (Wildman–Crippen LogP) is 0.520. The molecule has 1 saturated heterocycles. The van der Waals surface area contributed by atoms with Gasteiger partial charge in [0.15, 0.2) is 0 Å². The van der Waals surface area contributed by atoms with E-state index in [9.17, 15) is 4.79 Å². The molecule has 0 saturated carbocycles. The van der Waals surface area contributed by atoms with Crippen molar-refractivity contribution in [2.45, 2.75) is 25.4 Å². The minimum Gasteiger partial charge on any atom is -0.468 e. The van der Waals surface area contributed by atoms with E-state index in [0.717, 1.165) is 32.5 Å². The first-order chi connectivity index (χ1) is 7.81. The molecule has 2 heterocycles. The molecule has 1 aromatic heterocycles. The Balaban J connectivity index is 1.69. The zero-order chi connectivity index (χ0) is 11.4. The second-order valence-electron chi connectivity index (χ2n) is 4.02. The van der Waals surface area contributed by atoms with Gasteiger partial charge in [0.05, 0.1) is 13.4 Å². The van der Waals surface area contributed by atoms with Crippen molar-refractivity contribution in [3.8, 4) is 0 Å². The van der Waals surface area contributed by atoms with Crippen molar-refractivity contribution in [3.05, 3.63) is 18.7 Å². The van der Waals surface area contributed by atoms with Crippen LogP contribution >= 0.6 is 0 Å². The molecule has 1 aliphatic rings. The lowest BCUT2D eigenvalue weighted by atomic mass is 10.0. The number of likely N-dealkylation sites (tertiary alicyclic amines) is 1. The summed E-state index contributed by atoms with van der Waals surface area (Å²) in [4.78, 5) is 17.5. The van der Waals surface area contributed by atoms with Crippen LogP contribution in [-0.4, -0.2) is 46.7 Å². The Morgan fingerprint density at radius 3 is 3.00 bits per heavy atom. The van der Waals surface area contributed by atoms with Gasteiger partial charge in [0, 0.05) is 32.0 Å². The third kappa shape index (κ3) is 2.41. The average molecular weight is 223 g/mol. The Morgan fingerprint density at radius 2 is 2.44 bits per heavy atom. The van der Waals surface area contributed by atoms with Crippen LogP contribution in [0, 0.1) is 0 Å². The van der Waals surface area contributed by atoms with Crippen LogP contribution in [0.4, 0.5) is 0 Å². The van der Waals surface area contributed by atoms with E-state index in [1.807, 2.05) is 17.1 Å². The van der Waals surface area contributed by atoms with E-state index in [-0.39, 0.29) is 12.0 Å². The van der Waals surface area contributed by atoms with E-state index in [0.29, 0.717) is 0 Å². The molecule has 5 nitrogen and oxygen atoms in total. The Bertz CT molecular complexity index is 337. The third-order valence-corrected chi connectivity index (χ3v) is 3.02. The smallest absolute Gasteiger partial charge is 0.323 e. The van der Waals surface area contributed by atoms with E-state index < -0.39 is 0 Å². The maximum Gasteiger partial charge on any atom is 0.323 e. The fraction of sp³-hybridized carbons (Fsp3) is 0.636. The van der Waals surface area contributed by atoms with Gasteiger partial charge in [0.25, 0.3) is 0 Å². The molecule has 5 heteroatoms. The maximum absolute atomic E-state index is 11.3. The van der Waals surface area contributed by atoms with Gasteiger partial charge in [-0.3, -0.25) is 9.69 Å². The first-order valence-electron chi connectivity index (χ1n) is 5.59. The lowest BCUT2D eigenvalue weighted by Crippen LogP contribution is -2.53. The number of carbonyl (C=O) groups excluding carboxylic acids is 1. The number of hydrogen-bond donors (Lipinski definition) is 0. The van der Waals surface area contributed by atoms with E-state index in [2.05, 4.69) is 9.88 Å². The second-order valence-corrected chi connectivity index (χ2v) is 4.02. The number of hydrogen-bond acceptors (Lipinski definition) is 4. The molecular formula is C11H17N3O2. The zero-order valence-corrected chi connectivity index (χ0v) is 9.50. The minimum atomic E-state index is -0.103. The van der Waals surface area contributed by atoms with Crippen molar-refractivity contribution >= 4 is 5.97 Å². The van der Waals surface area contributed by atoms with Crippen LogP contribution < -0.4 is 0 Å². The molecule has 1 aliphatic heterocycles. The largest absolute Gasteiger partial charge is 0.468 e. The van der Waals surface area contributed by atoms with Crippen molar-refractivity contribution in [2.24, 2.45) is 0 Å². The summed E-state index contributed by atoms with van der Waals surface area (Å²) in [6.45, 7) is 2.89. The Labute approximate surface area is 95.0 Å². The van der Waals surface area contributed by atoms with Crippen molar-refractivity contribution in [3.63, 3.8) is 0 Å². The van der Waals surface area contributed by atoms with Gasteiger partial charge in [0.2, 0.25) is 0 Å². The summed E-state index contributed by atoms with van der Waals surface area (Å²) >= 11 is 0. The summed E-state index contributed by atoms with van der Waals surface area (Å²) in [5.41, 5.74) is 0. The number of aryl methyl sites for hydroxylation is 1. The van der Waals surface area contributed by atoms with Crippen LogP contribution in [0.15, 0.2) is 18.7 Å². The molecule has 1 aromatic rings. The van der Waals surface area contributed by atoms with Gasteiger partial charge in [-0.15, -0.1) is 0 Å². The molecule has 0 bridgehead atoms. The summed E-state index contributed by atoms with van der Waals surface area (Å²) in [7, 11) is 1.45. The lowest BCUT2D eigenvalue weighted by molar-refractivity contribution is -0.151. The highest BCUT2D eigenvalue weighted by Gasteiger charge is 2.34. The van der Waals surface area contributed by atoms with E-state index in [4.69, 9.17) is 4.74 Å². The Kier molecular flexibility index (Phi) is 3.56. The van der Waals surface area contributed by atoms with Gasteiger partial charge in [0.1, 0.15) is 6.04 Å². The second kappa shape index (κ2) is 5.12. The quantitative estimate of drug-likeness (QED) is 0.683. The maximum atomic E-state index is 11.3. The summed E-state index contributed by atoms with van der Waals surface area (Å²) in [6, 6.07) is -0.00668. The molecule has 2 rings (SSSR count). The SMILES string of the molecule is COC(=O)C1CCN1CCCn1ccnc1. The van der Waals surface area contributed by atoms with Crippen molar-refractivity contribution in [1.82, 2.24) is 14.5 Å². The number of carbonyl (C=O) groups is 1. The first kappa shape index (κ1) is 11.1. The average Bonchev–Trinajstić information content (AvgIpc) is 2.75. The van der Waals surface area contributed by atoms with Crippen LogP contribution in [-0.2, 0) is 16.1 Å². The normalized spacial score (nSPS) is 20.4. The molecule has 0 aromatic carbocycles. The number of methoxy groups -OCH3 is 1. The lowest BCUT2D eigenvalue weighted by Gasteiger charge is -2.38. The molecule has 1 unspecified atom stereocenters. The van der Waals surface area contributed by atoms with Gasteiger partial charge in [-0.05, 0) is 12.8 Å². The van der Waals surface area contributed by atoms with Crippen LogP contribution in [0.3, 0.4) is 0 Å². The highest BCUT2D eigenvalue weighted by Crippen LogP contribution is 2.18. The zero-order valence-electron chi connectivity index (χ0n) is 9.50. The van der Waals surface area contributed by atoms with Gasteiger partial charge in [-0.25, -0.2) is 4.98 Å². The monoisotopic (exact) mass is 223 g/mol. The summed E-state index contributed by atoms with van der Waals surface area (Å²) in [5.74, 6) is -0.103. The van der Waals surface area contributed by atoms with E-state index in [1.54, 1.807) is 6.20 Å². The first-order valence-corrected chi connectivity index (χ1v) is 5.59. The summed E-state index contributed by atoms with van der Waals surface area (Å²) in [6.07, 6.45) is 7.50. The topological polar surface area (TPSA) is 47.4 Å².